The molecule has 0 aliphatic heterocycles. The summed E-state index contributed by atoms with van der Waals surface area (Å²) in [6.45, 7) is 1.77. The van der Waals surface area contributed by atoms with Crippen molar-refractivity contribution in [3.63, 3.8) is 0 Å². The zero-order chi connectivity index (χ0) is 17.3. The third kappa shape index (κ3) is 3.10. The van der Waals surface area contributed by atoms with E-state index in [0.29, 0.717) is 26.6 Å². The highest BCUT2D eigenvalue weighted by Gasteiger charge is 2.17. The minimum Gasteiger partial charge on any atom is -0.305 e. The number of hydrogen-bond acceptors (Lipinski definition) is 6. The summed E-state index contributed by atoms with van der Waals surface area (Å²) in [5.41, 5.74) is 1.46. The van der Waals surface area contributed by atoms with Gasteiger partial charge in [-0.3, -0.25) is 10.1 Å². The number of hydrogen-bond donors (Lipinski definition) is 0. The number of benzene rings is 1. The van der Waals surface area contributed by atoms with Gasteiger partial charge in [-0.25, -0.2) is 4.98 Å². The van der Waals surface area contributed by atoms with E-state index < -0.39 is 4.92 Å². The fourth-order valence-electron chi connectivity index (χ4n) is 2.12. The van der Waals surface area contributed by atoms with Gasteiger partial charge in [0.25, 0.3) is 5.69 Å². The zero-order valence-corrected chi connectivity index (χ0v) is 14.4. The Balaban J connectivity index is 1.93. The number of rotatable bonds is 4. The number of aromatic nitrogens is 4. The van der Waals surface area contributed by atoms with Gasteiger partial charge >= 0.3 is 0 Å². The first-order valence-electron chi connectivity index (χ1n) is 6.90. The third-order valence-corrected chi connectivity index (χ3v) is 4.85. The highest BCUT2D eigenvalue weighted by Crippen LogP contribution is 2.32. The lowest BCUT2D eigenvalue weighted by Gasteiger charge is -2.06. The Bertz CT molecular complexity index is 928. The van der Waals surface area contributed by atoms with Crippen molar-refractivity contribution >= 4 is 29.1 Å². The Morgan fingerprint density at radius 3 is 2.71 bits per heavy atom. The van der Waals surface area contributed by atoms with E-state index >= 15 is 0 Å². The van der Waals surface area contributed by atoms with Crippen molar-refractivity contribution in [1.82, 2.24) is 19.7 Å². The zero-order valence-electron chi connectivity index (χ0n) is 12.8. The van der Waals surface area contributed by atoms with Gasteiger partial charge in [-0.15, -0.1) is 10.2 Å². The van der Waals surface area contributed by atoms with Crippen LogP contribution in [0.15, 0.2) is 46.7 Å². The first-order valence-corrected chi connectivity index (χ1v) is 8.10. The van der Waals surface area contributed by atoms with Gasteiger partial charge in [0.15, 0.2) is 11.0 Å². The predicted molar refractivity (Wildman–Crippen MR) is 91.2 cm³/mol. The summed E-state index contributed by atoms with van der Waals surface area (Å²) in [6, 6.07) is 8.88. The first-order chi connectivity index (χ1) is 11.5. The molecule has 0 aliphatic carbocycles. The standard InChI is InChI=1S/C15H12ClN5O2S/c1-9-7-10(21(22)23)8-17-14(9)24-15-19-18-13(20(15)2)11-5-3-4-6-12(11)16/h3-8H,1-2H3. The van der Waals surface area contributed by atoms with Gasteiger partial charge < -0.3 is 4.57 Å². The molecule has 3 aromatic rings. The normalized spacial score (nSPS) is 10.8. The molecule has 0 spiro atoms. The van der Waals surface area contributed by atoms with E-state index in [-0.39, 0.29) is 5.69 Å². The van der Waals surface area contributed by atoms with Crippen molar-refractivity contribution in [3.05, 3.63) is 57.2 Å². The molecule has 0 atom stereocenters. The lowest BCUT2D eigenvalue weighted by atomic mass is 10.2. The van der Waals surface area contributed by atoms with Gasteiger partial charge in [-0.2, -0.15) is 0 Å². The van der Waals surface area contributed by atoms with E-state index in [4.69, 9.17) is 11.6 Å². The van der Waals surface area contributed by atoms with E-state index in [2.05, 4.69) is 15.2 Å². The Morgan fingerprint density at radius 2 is 2.04 bits per heavy atom. The number of halogens is 1. The van der Waals surface area contributed by atoms with E-state index in [1.54, 1.807) is 13.0 Å². The molecule has 0 unspecified atom stereocenters. The molecule has 0 aliphatic rings. The lowest BCUT2D eigenvalue weighted by Crippen LogP contribution is -1.97. The Hall–Kier alpha value is -2.45. The summed E-state index contributed by atoms with van der Waals surface area (Å²) >= 11 is 7.50. The topological polar surface area (TPSA) is 86.7 Å². The molecular formula is C15H12ClN5O2S. The summed E-state index contributed by atoms with van der Waals surface area (Å²) in [7, 11) is 1.84. The molecule has 0 radical (unpaired) electrons. The van der Waals surface area contributed by atoms with Crippen LogP contribution >= 0.6 is 23.4 Å². The van der Waals surface area contributed by atoms with Crippen LogP contribution < -0.4 is 0 Å². The van der Waals surface area contributed by atoms with Crippen molar-refractivity contribution in [2.75, 3.05) is 0 Å². The van der Waals surface area contributed by atoms with Gasteiger partial charge in [-0.1, -0.05) is 23.7 Å². The maximum atomic E-state index is 10.8. The number of pyridine rings is 1. The maximum Gasteiger partial charge on any atom is 0.287 e. The van der Waals surface area contributed by atoms with Gasteiger partial charge in [0, 0.05) is 18.7 Å². The number of aryl methyl sites for hydroxylation is 1. The summed E-state index contributed by atoms with van der Waals surface area (Å²) in [6.07, 6.45) is 1.24. The second-order valence-corrected chi connectivity index (χ2v) is 6.38. The maximum absolute atomic E-state index is 10.8. The molecule has 0 bridgehead atoms. The van der Waals surface area contributed by atoms with Crippen LogP contribution in [0.2, 0.25) is 5.02 Å². The quantitative estimate of drug-likeness (QED) is 0.517. The molecule has 0 amide bonds. The highest BCUT2D eigenvalue weighted by molar-refractivity contribution is 7.99. The molecule has 7 nitrogen and oxygen atoms in total. The Kier molecular flexibility index (Phi) is 4.50. The summed E-state index contributed by atoms with van der Waals surface area (Å²) in [5, 5.41) is 21.0. The molecule has 3 rings (SSSR count). The summed E-state index contributed by atoms with van der Waals surface area (Å²) in [5.74, 6) is 0.641. The summed E-state index contributed by atoms with van der Waals surface area (Å²) < 4.78 is 1.81. The molecule has 9 heteroatoms. The minimum absolute atomic E-state index is 0.0356. The SMILES string of the molecule is Cc1cc([N+](=O)[O-])cnc1Sc1nnc(-c2ccccc2Cl)n1C. The van der Waals surface area contributed by atoms with Crippen molar-refractivity contribution in [1.29, 1.82) is 0 Å². The molecular weight excluding hydrogens is 350 g/mol. The molecule has 0 saturated carbocycles. The fourth-order valence-corrected chi connectivity index (χ4v) is 3.14. The van der Waals surface area contributed by atoms with Crippen molar-refractivity contribution in [3.8, 4) is 11.4 Å². The van der Waals surface area contributed by atoms with Crippen LogP contribution in [0.3, 0.4) is 0 Å². The van der Waals surface area contributed by atoms with Crippen molar-refractivity contribution in [2.45, 2.75) is 17.1 Å². The van der Waals surface area contributed by atoms with Crippen molar-refractivity contribution in [2.24, 2.45) is 7.05 Å². The second kappa shape index (κ2) is 6.58. The fraction of sp³-hybridized carbons (Fsp3) is 0.133. The van der Waals surface area contributed by atoms with Gasteiger partial charge in [0.1, 0.15) is 11.2 Å². The summed E-state index contributed by atoms with van der Waals surface area (Å²) in [4.78, 5) is 14.5. The predicted octanol–water partition coefficient (Wildman–Crippen LogP) is 3.90. The average molecular weight is 362 g/mol. The number of nitro groups is 1. The van der Waals surface area contributed by atoms with Crippen molar-refractivity contribution < 1.29 is 4.92 Å². The highest BCUT2D eigenvalue weighted by atomic mass is 35.5. The monoisotopic (exact) mass is 361 g/mol. The minimum atomic E-state index is -0.466. The van der Waals surface area contributed by atoms with Gasteiger partial charge in [0.2, 0.25) is 0 Å². The molecule has 122 valence electrons. The van der Waals surface area contributed by atoms with Crippen LogP contribution in [0, 0.1) is 17.0 Å². The van der Waals surface area contributed by atoms with E-state index in [9.17, 15) is 10.1 Å². The van der Waals surface area contributed by atoms with Crippen LogP contribution in [0.1, 0.15) is 5.56 Å². The number of nitrogens with zero attached hydrogens (tertiary/aromatic N) is 5. The van der Waals surface area contributed by atoms with Crippen LogP contribution in [0.25, 0.3) is 11.4 Å². The first kappa shape index (κ1) is 16.4. The molecule has 0 N–H and O–H groups in total. The lowest BCUT2D eigenvalue weighted by molar-refractivity contribution is -0.385. The third-order valence-electron chi connectivity index (χ3n) is 3.36. The second-order valence-electron chi connectivity index (χ2n) is 5.02. The molecule has 2 heterocycles. The van der Waals surface area contributed by atoms with Crippen LogP contribution in [0.5, 0.6) is 0 Å². The largest absolute Gasteiger partial charge is 0.305 e. The molecule has 24 heavy (non-hydrogen) atoms. The van der Waals surface area contributed by atoms with Gasteiger partial charge in [0.05, 0.1) is 9.95 Å². The molecule has 1 aromatic carbocycles. The molecule has 0 saturated heterocycles. The van der Waals surface area contributed by atoms with Crippen LogP contribution in [-0.4, -0.2) is 24.7 Å². The Morgan fingerprint density at radius 1 is 1.29 bits per heavy atom. The van der Waals surface area contributed by atoms with E-state index in [0.717, 1.165) is 5.56 Å². The smallest absolute Gasteiger partial charge is 0.287 e. The Labute approximate surface area is 146 Å². The van der Waals surface area contributed by atoms with E-state index in [1.165, 1.54) is 24.0 Å². The van der Waals surface area contributed by atoms with Gasteiger partial charge in [-0.05, 0) is 36.4 Å². The average Bonchev–Trinajstić information content (AvgIpc) is 2.90. The molecule has 0 fully saturated rings. The van der Waals surface area contributed by atoms with Crippen LogP contribution in [0.4, 0.5) is 5.69 Å². The van der Waals surface area contributed by atoms with E-state index in [1.807, 2.05) is 29.8 Å². The molecule has 2 aromatic heterocycles. The van der Waals surface area contributed by atoms with Crippen LogP contribution in [-0.2, 0) is 7.05 Å².